The molecule has 144 valence electrons. The number of hydrogen-bond acceptors (Lipinski definition) is 4. The van der Waals surface area contributed by atoms with Gasteiger partial charge in [-0.1, -0.05) is 12.1 Å². The van der Waals surface area contributed by atoms with Crippen LogP contribution in [0.25, 0.3) is 0 Å². The number of benzene rings is 1. The fourth-order valence-electron chi connectivity index (χ4n) is 3.39. The molecule has 0 amide bonds. The summed E-state index contributed by atoms with van der Waals surface area (Å²) >= 11 is 1.64. The largest absolute Gasteiger partial charge is 0.461 e. The van der Waals surface area contributed by atoms with Gasteiger partial charge >= 0.3 is 6.18 Å². The number of allylic oxidation sites excluding steroid dienone is 1. The normalized spacial score (nSPS) is 17.1. The highest BCUT2D eigenvalue weighted by Gasteiger charge is 2.32. The number of fused-ring (bicyclic) bond motifs is 1. The van der Waals surface area contributed by atoms with Gasteiger partial charge in [0.15, 0.2) is 5.76 Å². The van der Waals surface area contributed by atoms with E-state index >= 15 is 0 Å². The van der Waals surface area contributed by atoms with E-state index in [-0.39, 0.29) is 17.6 Å². The predicted octanol–water partition coefficient (Wildman–Crippen LogP) is 5.70. The predicted molar refractivity (Wildman–Crippen MR) is 100 cm³/mol. The lowest BCUT2D eigenvalue weighted by atomic mass is 9.93. The van der Waals surface area contributed by atoms with E-state index in [1.54, 1.807) is 29.7 Å². The van der Waals surface area contributed by atoms with Gasteiger partial charge in [-0.05, 0) is 53.3 Å². The maximum Gasteiger partial charge on any atom is 0.416 e. The van der Waals surface area contributed by atoms with Crippen molar-refractivity contribution in [2.45, 2.75) is 18.6 Å². The number of hydrogen-bond donors (Lipinski definition) is 0. The smallest absolute Gasteiger partial charge is 0.416 e. The van der Waals surface area contributed by atoms with Gasteiger partial charge < -0.3 is 9.32 Å². The molecule has 1 aromatic carbocycles. The molecule has 0 radical (unpaired) electrons. The number of carbonyl (C=O) groups is 1. The minimum Gasteiger partial charge on any atom is -0.461 e. The molecule has 1 aliphatic rings. The fourth-order valence-corrected chi connectivity index (χ4v) is 4.29. The highest BCUT2D eigenvalue weighted by Crippen LogP contribution is 2.39. The van der Waals surface area contributed by atoms with Crippen LogP contribution in [0.5, 0.6) is 0 Å². The van der Waals surface area contributed by atoms with Crippen molar-refractivity contribution in [3.8, 4) is 0 Å². The number of alkyl halides is 3. The molecule has 1 unspecified atom stereocenters. The SMILES string of the molecule is O=C(C=CN1CCc2sccc2C1c1ccc(C(F)(F)F)cc1)c1ccco1. The summed E-state index contributed by atoms with van der Waals surface area (Å²) in [6.45, 7) is 0.668. The Labute approximate surface area is 163 Å². The molecule has 3 aromatic rings. The Hall–Kier alpha value is -2.80. The second-order valence-electron chi connectivity index (χ2n) is 6.47. The van der Waals surface area contributed by atoms with Gasteiger partial charge in [-0.2, -0.15) is 13.2 Å². The minimum atomic E-state index is -4.37. The molecule has 0 spiro atoms. The highest BCUT2D eigenvalue weighted by atomic mass is 32.1. The topological polar surface area (TPSA) is 33.5 Å². The average Bonchev–Trinajstić information content (AvgIpc) is 3.36. The molecule has 0 aliphatic carbocycles. The van der Waals surface area contributed by atoms with E-state index in [1.807, 2.05) is 16.3 Å². The summed E-state index contributed by atoms with van der Waals surface area (Å²) in [5.41, 5.74) is 1.14. The van der Waals surface area contributed by atoms with Crippen LogP contribution >= 0.6 is 11.3 Å². The number of rotatable bonds is 4. The van der Waals surface area contributed by atoms with Crippen molar-refractivity contribution < 1.29 is 22.4 Å². The monoisotopic (exact) mass is 403 g/mol. The molecule has 0 fully saturated rings. The third-order valence-corrected chi connectivity index (χ3v) is 5.73. The van der Waals surface area contributed by atoms with Crippen molar-refractivity contribution in [1.29, 1.82) is 0 Å². The van der Waals surface area contributed by atoms with Gasteiger partial charge in [-0.15, -0.1) is 11.3 Å². The summed E-state index contributed by atoms with van der Waals surface area (Å²) in [5.74, 6) is -0.0113. The number of halogens is 3. The van der Waals surface area contributed by atoms with E-state index in [9.17, 15) is 18.0 Å². The van der Waals surface area contributed by atoms with Crippen molar-refractivity contribution in [2.75, 3.05) is 6.54 Å². The van der Waals surface area contributed by atoms with Crippen LogP contribution in [-0.4, -0.2) is 17.2 Å². The molecule has 7 heteroatoms. The molecular formula is C21H16F3NO2S. The summed E-state index contributed by atoms with van der Waals surface area (Å²) in [7, 11) is 0. The number of carbonyl (C=O) groups excluding carboxylic acids is 1. The number of thiophene rings is 1. The average molecular weight is 403 g/mol. The quantitative estimate of drug-likeness (QED) is 0.414. The van der Waals surface area contributed by atoms with Crippen LogP contribution < -0.4 is 0 Å². The molecule has 3 nitrogen and oxygen atoms in total. The number of ketones is 1. The van der Waals surface area contributed by atoms with Crippen LogP contribution in [0.3, 0.4) is 0 Å². The second kappa shape index (κ2) is 7.31. The first-order valence-corrected chi connectivity index (χ1v) is 9.56. The zero-order valence-corrected chi connectivity index (χ0v) is 15.5. The fraction of sp³-hybridized carbons (Fsp3) is 0.190. The van der Waals surface area contributed by atoms with Crippen LogP contribution in [0.2, 0.25) is 0 Å². The second-order valence-corrected chi connectivity index (χ2v) is 7.47. The van der Waals surface area contributed by atoms with E-state index in [2.05, 4.69) is 0 Å². The van der Waals surface area contributed by atoms with Gasteiger partial charge in [-0.25, -0.2) is 0 Å². The first kappa shape index (κ1) is 18.6. The first-order valence-electron chi connectivity index (χ1n) is 8.68. The Morgan fingerprint density at radius 1 is 1.18 bits per heavy atom. The Morgan fingerprint density at radius 3 is 2.64 bits per heavy atom. The maximum absolute atomic E-state index is 12.9. The van der Waals surface area contributed by atoms with Crippen LogP contribution in [0.15, 0.2) is 70.8 Å². The third kappa shape index (κ3) is 3.62. The summed E-state index contributed by atoms with van der Waals surface area (Å²) < 4.78 is 43.8. The van der Waals surface area contributed by atoms with Crippen molar-refractivity contribution in [3.05, 3.63) is 93.7 Å². The maximum atomic E-state index is 12.9. The summed E-state index contributed by atoms with van der Waals surface area (Å²) in [6.07, 6.45) is 1.03. The lowest BCUT2D eigenvalue weighted by Crippen LogP contribution is -2.31. The summed E-state index contributed by atoms with van der Waals surface area (Å²) in [4.78, 5) is 15.4. The molecule has 3 heterocycles. The van der Waals surface area contributed by atoms with E-state index in [4.69, 9.17) is 4.42 Å². The Bertz CT molecular complexity index is 988. The zero-order valence-electron chi connectivity index (χ0n) is 14.6. The standard InChI is InChI=1S/C21H16F3NO2S/c22-21(23,24)15-5-3-14(4-6-15)20-16-9-13-28-19(16)8-11-25(20)10-7-17(26)18-2-1-12-27-18/h1-7,9-10,12-13,20H,8,11H2. The molecule has 1 atom stereocenters. The Morgan fingerprint density at radius 2 is 1.96 bits per heavy atom. The Kier molecular flexibility index (Phi) is 4.85. The zero-order chi connectivity index (χ0) is 19.7. The highest BCUT2D eigenvalue weighted by molar-refractivity contribution is 7.10. The molecule has 4 rings (SSSR count). The molecule has 1 aliphatic heterocycles. The van der Waals surface area contributed by atoms with Crippen LogP contribution in [-0.2, 0) is 12.6 Å². The molecular weight excluding hydrogens is 387 g/mol. The summed E-state index contributed by atoms with van der Waals surface area (Å²) in [6, 6.07) is 10.2. The van der Waals surface area contributed by atoms with E-state index < -0.39 is 11.7 Å². The van der Waals surface area contributed by atoms with Gasteiger partial charge in [-0.3, -0.25) is 4.79 Å². The van der Waals surface area contributed by atoms with E-state index in [1.165, 1.54) is 29.3 Å². The van der Waals surface area contributed by atoms with Crippen molar-refractivity contribution in [2.24, 2.45) is 0 Å². The van der Waals surface area contributed by atoms with Crippen LogP contribution in [0.1, 0.15) is 38.2 Å². The van der Waals surface area contributed by atoms with Crippen molar-refractivity contribution in [3.63, 3.8) is 0 Å². The molecule has 0 bridgehead atoms. The molecule has 0 N–H and O–H groups in total. The molecule has 2 aromatic heterocycles. The lowest BCUT2D eigenvalue weighted by Gasteiger charge is -2.35. The van der Waals surface area contributed by atoms with E-state index in [0.717, 1.165) is 29.7 Å². The van der Waals surface area contributed by atoms with Gasteiger partial charge in [0.05, 0.1) is 17.9 Å². The lowest BCUT2D eigenvalue weighted by molar-refractivity contribution is -0.137. The van der Waals surface area contributed by atoms with Gasteiger partial charge in [0.25, 0.3) is 0 Å². The van der Waals surface area contributed by atoms with Crippen LogP contribution in [0.4, 0.5) is 13.2 Å². The van der Waals surface area contributed by atoms with Gasteiger partial charge in [0, 0.05) is 23.7 Å². The van der Waals surface area contributed by atoms with Crippen LogP contribution in [0, 0.1) is 0 Å². The molecule has 0 saturated heterocycles. The minimum absolute atomic E-state index is 0.238. The third-order valence-electron chi connectivity index (χ3n) is 4.74. The molecule has 28 heavy (non-hydrogen) atoms. The molecule has 0 saturated carbocycles. The van der Waals surface area contributed by atoms with Gasteiger partial charge in [0.2, 0.25) is 5.78 Å². The van der Waals surface area contributed by atoms with E-state index in [0.29, 0.717) is 6.54 Å². The Balaban J connectivity index is 1.65. The van der Waals surface area contributed by atoms with Crippen molar-refractivity contribution in [1.82, 2.24) is 4.90 Å². The number of furan rings is 1. The summed E-state index contributed by atoms with van der Waals surface area (Å²) in [5, 5.41) is 1.99. The van der Waals surface area contributed by atoms with Gasteiger partial charge in [0.1, 0.15) is 0 Å². The number of nitrogens with zero attached hydrogens (tertiary/aromatic N) is 1. The first-order chi connectivity index (χ1) is 13.4. The van der Waals surface area contributed by atoms with Crippen molar-refractivity contribution >= 4 is 17.1 Å².